The van der Waals surface area contributed by atoms with Crippen LogP contribution in [-0.2, 0) is 10.2 Å². The van der Waals surface area contributed by atoms with Crippen molar-refractivity contribution in [2.24, 2.45) is 0 Å². The SMILES string of the molecule is CC(O)c1cn(S(=O)(=O)N(C)C)cn1. The quantitative estimate of drug-likeness (QED) is 0.750. The topological polar surface area (TPSA) is 75.4 Å². The first kappa shape index (κ1) is 11.2. The molecule has 0 aliphatic rings. The zero-order valence-corrected chi connectivity index (χ0v) is 9.06. The van der Waals surface area contributed by atoms with E-state index in [1.807, 2.05) is 0 Å². The second-order valence-electron chi connectivity index (χ2n) is 3.09. The monoisotopic (exact) mass is 219 g/mol. The Morgan fingerprint density at radius 3 is 2.50 bits per heavy atom. The third-order valence-electron chi connectivity index (χ3n) is 1.74. The number of hydrogen-bond donors (Lipinski definition) is 1. The minimum atomic E-state index is -3.51. The summed E-state index contributed by atoms with van der Waals surface area (Å²) in [5, 5.41) is 9.16. The Hall–Kier alpha value is -0.920. The minimum Gasteiger partial charge on any atom is -0.387 e. The fourth-order valence-electron chi connectivity index (χ4n) is 0.851. The zero-order valence-electron chi connectivity index (χ0n) is 8.25. The predicted molar refractivity (Wildman–Crippen MR) is 50.9 cm³/mol. The molecule has 0 saturated carbocycles. The fraction of sp³-hybridized carbons (Fsp3) is 0.571. The molecule has 80 valence electrons. The Morgan fingerprint density at radius 2 is 2.14 bits per heavy atom. The van der Waals surface area contributed by atoms with Gasteiger partial charge in [-0.1, -0.05) is 0 Å². The molecule has 1 aromatic heterocycles. The number of aromatic nitrogens is 2. The number of nitrogens with zero attached hydrogens (tertiary/aromatic N) is 3. The summed E-state index contributed by atoms with van der Waals surface area (Å²) in [7, 11) is -0.657. The smallest absolute Gasteiger partial charge is 0.308 e. The molecule has 1 N–H and O–H groups in total. The molecule has 1 unspecified atom stereocenters. The van der Waals surface area contributed by atoms with Gasteiger partial charge in [-0.15, -0.1) is 0 Å². The number of aliphatic hydroxyl groups excluding tert-OH is 1. The molecule has 0 aromatic carbocycles. The van der Waals surface area contributed by atoms with Gasteiger partial charge in [0.25, 0.3) is 0 Å². The van der Waals surface area contributed by atoms with Gasteiger partial charge in [-0.05, 0) is 6.92 Å². The largest absolute Gasteiger partial charge is 0.387 e. The highest BCUT2D eigenvalue weighted by atomic mass is 32.2. The molecule has 1 aromatic rings. The van der Waals surface area contributed by atoms with E-state index in [9.17, 15) is 8.42 Å². The van der Waals surface area contributed by atoms with Crippen LogP contribution < -0.4 is 0 Å². The molecule has 1 rings (SSSR count). The first-order valence-corrected chi connectivity index (χ1v) is 5.40. The lowest BCUT2D eigenvalue weighted by Crippen LogP contribution is -2.27. The summed E-state index contributed by atoms with van der Waals surface area (Å²) in [5.74, 6) is 0. The maximum Gasteiger partial charge on any atom is 0.308 e. The Balaban J connectivity index is 3.10. The summed E-state index contributed by atoms with van der Waals surface area (Å²) in [4.78, 5) is 3.77. The van der Waals surface area contributed by atoms with E-state index in [4.69, 9.17) is 5.11 Å². The van der Waals surface area contributed by atoms with Crippen molar-refractivity contribution in [3.05, 3.63) is 18.2 Å². The molecule has 0 saturated heterocycles. The van der Waals surface area contributed by atoms with E-state index in [0.29, 0.717) is 5.69 Å². The lowest BCUT2D eigenvalue weighted by molar-refractivity contribution is 0.195. The average molecular weight is 219 g/mol. The van der Waals surface area contributed by atoms with Crippen molar-refractivity contribution in [3.8, 4) is 0 Å². The van der Waals surface area contributed by atoms with Crippen LogP contribution >= 0.6 is 0 Å². The van der Waals surface area contributed by atoms with Crippen molar-refractivity contribution >= 4 is 10.2 Å². The van der Waals surface area contributed by atoms with Crippen molar-refractivity contribution in [3.63, 3.8) is 0 Å². The van der Waals surface area contributed by atoms with Crippen molar-refractivity contribution in [1.29, 1.82) is 0 Å². The second kappa shape index (κ2) is 3.68. The first-order valence-electron chi connectivity index (χ1n) is 4.00. The molecule has 1 atom stereocenters. The van der Waals surface area contributed by atoms with Gasteiger partial charge in [0.2, 0.25) is 0 Å². The average Bonchev–Trinajstić information content (AvgIpc) is 2.51. The summed E-state index contributed by atoms with van der Waals surface area (Å²) in [6, 6.07) is 0. The molecule has 0 fully saturated rings. The van der Waals surface area contributed by atoms with E-state index in [1.54, 1.807) is 0 Å². The van der Waals surface area contributed by atoms with E-state index in [-0.39, 0.29) is 0 Å². The molecular formula is C7H13N3O3S. The third-order valence-corrected chi connectivity index (χ3v) is 3.39. The van der Waals surface area contributed by atoms with Crippen LogP contribution in [-0.4, -0.2) is 40.9 Å². The fourth-order valence-corrected chi connectivity index (χ4v) is 1.64. The summed E-state index contributed by atoms with van der Waals surface area (Å²) in [6.07, 6.45) is 1.69. The van der Waals surface area contributed by atoms with Crippen LogP contribution in [0.3, 0.4) is 0 Å². The minimum absolute atomic E-state index is 0.329. The molecule has 0 spiro atoms. The van der Waals surface area contributed by atoms with Crippen molar-refractivity contribution in [2.75, 3.05) is 14.1 Å². The van der Waals surface area contributed by atoms with Crippen molar-refractivity contribution in [2.45, 2.75) is 13.0 Å². The summed E-state index contributed by atoms with van der Waals surface area (Å²) in [5.41, 5.74) is 0.329. The Kier molecular flexibility index (Phi) is 2.93. The molecule has 0 radical (unpaired) electrons. The Bertz CT molecular complexity index is 408. The summed E-state index contributed by atoms with van der Waals surface area (Å²) >= 11 is 0. The van der Waals surface area contributed by atoms with Gasteiger partial charge < -0.3 is 5.11 Å². The van der Waals surface area contributed by atoms with E-state index in [2.05, 4.69) is 4.98 Å². The molecule has 6 nitrogen and oxygen atoms in total. The number of imidazole rings is 1. The van der Waals surface area contributed by atoms with E-state index < -0.39 is 16.3 Å². The van der Waals surface area contributed by atoms with Gasteiger partial charge in [0, 0.05) is 20.3 Å². The normalized spacial score (nSPS) is 14.6. The lowest BCUT2D eigenvalue weighted by atomic mass is 10.3. The maximum atomic E-state index is 11.5. The van der Waals surface area contributed by atoms with Crippen LogP contribution in [0.1, 0.15) is 18.7 Å². The van der Waals surface area contributed by atoms with Crippen LogP contribution in [0.2, 0.25) is 0 Å². The summed E-state index contributed by atoms with van der Waals surface area (Å²) < 4.78 is 25.1. The van der Waals surface area contributed by atoms with Crippen LogP contribution in [0, 0.1) is 0 Å². The zero-order chi connectivity index (χ0) is 10.9. The molecule has 7 heteroatoms. The van der Waals surface area contributed by atoms with Gasteiger partial charge in [-0.3, -0.25) is 0 Å². The molecule has 0 bridgehead atoms. The molecule has 0 amide bonds. The van der Waals surface area contributed by atoms with Crippen LogP contribution in [0.4, 0.5) is 0 Å². The van der Waals surface area contributed by atoms with Crippen molar-refractivity contribution in [1.82, 2.24) is 13.3 Å². The van der Waals surface area contributed by atoms with E-state index in [0.717, 1.165) is 14.6 Å². The Labute approximate surface area is 83.0 Å². The van der Waals surface area contributed by atoms with Gasteiger partial charge in [0.15, 0.2) is 0 Å². The predicted octanol–water partition coefficient (Wildman–Crippen LogP) is -0.409. The van der Waals surface area contributed by atoms with Gasteiger partial charge in [-0.25, -0.2) is 8.96 Å². The van der Waals surface area contributed by atoms with Crippen LogP contribution in [0.25, 0.3) is 0 Å². The number of hydrogen-bond acceptors (Lipinski definition) is 4. The lowest BCUT2D eigenvalue weighted by Gasteiger charge is -2.10. The Morgan fingerprint density at radius 1 is 1.57 bits per heavy atom. The highest BCUT2D eigenvalue weighted by Crippen LogP contribution is 2.10. The van der Waals surface area contributed by atoms with Gasteiger partial charge in [-0.2, -0.15) is 12.7 Å². The maximum absolute atomic E-state index is 11.5. The molecule has 1 heterocycles. The highest BCUT2D eigenvalue weighted by Gasteiger charge is 2.17. The molecule has 0 aliphatic heterocycles. The third kappa shape index (κ3) is 1.94. The second-order valence-corrected chi connectivity index (χ2v) is 5.14. The number of rotatable bonds is 3. The molecule has 14 heavy (non-hydrogen) atoms. The highest BCUT2D eigenvalue weighted by molar-refractivity contribution is 7.87. The van der Waals surface area contributed by atoms with Crippen molar-refractivity contribution < 1.29 is 13.5 Å². The number of aliphatic hydroxyl groups is 1. The van der Waals surface area contributed by atoms with Crippen LogP contribution in [0.5, 0.6) is 0 Å². The first-order chi connectivity index (χ1) is 6.35. The molecule has 0 aliphatic carbocycles. The van der Waals surface area contributed by atoms with Gasteiger partial charge in [0.05, 0.1) is 11.8 Å². The standard InChI is InChI=1S/C7H13N3O3S/c1-6(11)7-4-10(5-8-7)14(12,13)9(2)3/h4-6,11H,1-3H3. The van der Waals surface area contributed by atoms with E-state index >= 15 is 0 Å². The van der Waals surface area contributed by atoms with Crippen LogP contribution in [0.15, 0.2) is 12.5 Å². The summed E-state index contributed by atoms with van der Waals surface area (Å²) in [6.45, 7) is 1.52. The molecular weight excluding hydrogens is 206 g/mol. The van der Waals surface area contributed by atoms with Gasteiger partial charge >= 0.3 is 10.2 Å². The van der Waals surface area contributed by atoms with E-state index in [1.165, 1.54) is 27.2 Å². The van der Waals surface area contributed by atoms with Gasteiger partial charge in [0.1, 0.15) is 6.33 Å².